The minimum Gasteiger partial charge on any atom is -0.395 e. The largest absolute Gasteiger partial charge is 0.395 e. The van der Waals surface area contributed by atoms with Crippen molar-refractivity contribution in [1.29, 1.82) is 0 Å². The van der Waals surface area contributed by atoms with E-state index in [1.807, 2.05) is 4.90 Å². The highest BCUT2D eigenvalue weighted by molar-refractivity contribution is 4.84. The first-order valence-corrected chi connectivity index (χ1v) is 3.91. The van der Waals surface area contributed by atoms with Gasteiger partial charge in [0, 0.05) is 19.1 Å². The van der Waals surface area contributed by atoms with Crippen LogP contribution in [0.15, 0.2) is 0 Å². The van der Waals surface area contributed by atoms with Crippen LogP contribution >= 0.6 is 0 Å². The molecule has 4 nitrogen and oxygen atoms in total. The van der Waals surface area contributed by atoms with Gasteiger partial charge in [-0.2, -0.15) is 0 Å². The second-order valence-electron chi connectivity index (χ2n) is 2.94. The number of β-amino-alcohol motifs (C(OH)–C–C–N with tert-alkyl or cyclic N) is 2. The van der Waals surface area contributed by atoms with Crippen molar-refractivity contribution in [2.24, 2.45) is 0 Å². The fourth-order valence-corrected chi connectivity index (χ4v) is 1.55. The Bertz CT molecular complexity index is 120. The smallest absolute Gasteiger partial charge is 0.0683 e. The zero-order valence-corrected chi connectivity index (χ0v) is 6.48. The molecule has 0 saturated carbocycles. The van der Waals surface area contributed by atoms with Crippen LogP contribution in [-0.2, 0) is 0 Å². The van der Waals surface area contributed by atoms with E-state index in [1.165, 1.54) is 0 Å². The minimum atomic E-state index is -0.335. The number of aliphatic hydroxyl groups is 3. The number of hydrogen-bond acceptors (Lipinski definition) is 4. The van der Waals surface area contributed by atoms with Gasteiger partial charge >= 0.3 is 0 Å². The van der Waals surface area contributed by atoms with Crippen LogP contribution in [0.2, 0.25) is 0 Å². The van der Waals surface area contributed by atoms with Gasteiger partial charge < -0.3 is 15.3 Å². The van der Waals surface area contributed by atoms with Gasteiger partial charge in [0.05, 0.1) is 19.3 Å². The predicted octanol–water partition coefficient (Wildman–Crippen LogP) is -1.59. The summed E-state index contributed by atoms with van der Waals surface area (Å²) in [5, 5.41) is 26.7. The number of aliphatic hydroxyl groups excluding tert-OH is 3. The first kappa shape index (κ1) is 8.93. The third kappa shape index (κ3) is 2.13. The van der Waals surface area contributed by atoms with Crippen molar-refractivity contribution < 1.29 is 15.3 Å². The maximum absolute atomic E-state index is 9.19. The third-order valence-corrected chi connectivity index (χ3v) is 2.10. The Labute approximate surface area is 66.1 Å². The summed E-state index contributed by atoms with van der Waals surface area (Å²) >= 11 is 0. The van der Waals surface area contributed by atoms with E-state index in [-0.39, 0.29) is 25.4 Å². The quantitative estimate of drug-likeness (QED) is 0.467. The lowest BCUT2D eigenvalue weighted by Crippen LogP contribution is -2.34. The van der Waals surface area contributed by atoms with Crippen LogP contribution in [0.3, 0.4) is 0 Å². The highest BCUT2D eigenvalue weighted by Crippen LogP contribution is 2.16. The number of rotatable bonds is 3. The number of nitrogens with zero attached hydrogens (tertiary/aromatic N) is 1. The Kier molecular flexibility index (Phi) is 3.26. The molecule has 0 aliphatic carbocycles. The maximum atomic E-state index is 9.19. The van der Waals surface area contributed by atoms with Gasteiger partial charge in [0.15, 0.2) is 0 Å². The van der Waals surface area contributed by atoms with Crippen LogP contribution in [0.5, 0.6) is 0 Å². The molecule has 0 aromatic heterocycles. The normalized spacial score (nSPS) is 33.0. The van der Waals surface area contributed by atoms with Crippen molar-refractivity contribution in [3.63, 3.8) is 0 Å². The minimum absolute atomic E-state index is 0.0390. The molecule has 0 amide bonds. The topological polar surface area (TPSA) is 63.9 Å². The molecule has 0 unspecified atom stereocenters. The lowest BCUT2D eigenvalue weighted by Gasteiger charge is -2.20. The molecule has 0 spiro atoms. The molecule has 1 aliphatic rings. The summed E-state index contributed by atoms with van der Waals surface area (Å²) < 4.78 is 0. The monoisotopic (exact) mass is 161 g/mol. The summed E-state index contributed by atoms with van der Waals surface area (Å²) in [7, 11) is 0. The first-order valence-electron chi connectivity index (χ1n) is 3.91. The van der Waals surface area contributed by atoms with Crippen LogP contribution in [0.4, 0.5) is 0 Å². The average Bonchev–Trinajstić information content (AvgIpc) is 2.32. The van der Waals surface area contributed by atoms with Crippen molar-refractivity contribution in [2.75, 3.05) is 26.3 Å². The van der Waals surface area contributed by atoms with Gasteiger partial charge in [-0.25, -0.2) is 0 Å². The van der Waals surface area contributed by atoms with Crippen molar-refractivity contribution in [2.45, 2.75) is 18.6 Å². The maximum Gasteiger partial charge on any atom is 0.0683 e. The van der Waals surface area contributed by atoms with Gasteiger partial charge in [-0.3, -0.25) is 4.90 Å². The zero-order valence-electron chi connectivity index (χ0n) is 6.48. The Balaban J connectivity index is 2.37. The highest BCUT2D eigenvalue weighted by atomic mass is 16.3. The predicted molar refractivity (Wildman–Crippen MR) is 40.2 cm³/mol. The van der Waals surface area contributed by atoms with E-state index in [0.29, 0.717) is 19.5 Å². The summed E-state index contributed by atoms with van der Waals surface area (Å²) in [6.45, 7) is 1.27. The van der Waals surface area contributed by atoms with Crippen molar-refractivity contribution in [1.82, 2.24) is 4.90 Å². The van der Waals surface area contributed by atoms with Crippen LogP contribution in [-0.4, -0.2) is 58.7 Å². The molecule has 3 N–H and O–H groups in total. The standard InChI is InChI=1S/C7H15NO3/c9-2-1-8-4-7(11)3-6(8)5-10/h6-7,9-11H,1-5H2/t6-,7+/m0/s1. The molecule has 2 atom stereocenters. The van der Waals surface area contributed by atoms with Crippen molar-refractivity contribution >= 4 is 0 Å². The second-order valence-corrected chi connectivity index (χ2v) is 2.94. The Morgan fingerprint density at radius 3 is 2.64 bits per heavy atom. The fourth-order valence-electron chi connectivity index (χ4n) is 1.55. The molecule has 0 aromatic rings. The van der Waals surface area contributed by atoms with Gasteiger partial charge in [-0.05, 0) is 6.42 Å². The summed E-state index contributed by atoms with van der Waals surface area (Å²) in [6, 6.07) is 0.0390. The molecule has 1 rings (SSSR count). The van der Waals surface area contributed by atoms with Gasteiger partial charge in [-0.1, -0.05) is 0 Å². The van der Waals surface area contributed by atoms with Crippen molar-refractivity contribution in [3.05, 3.63) is 0 Å². The lowest BCUT2D eigenvalue weighted by molar-refractivity contribution is 0.130. The van der Waals surface area contributed by atoms with E-state index >= 15 is 0 Å². The summed E-state index contributed by atoms with van der Waals surface area (Å²) in [5.74, 6) is 0. The number of hydrogen-bond donors (Lipinski definition) is 3. The van der Waals surface area contributed by atoms with Gasteiger partial charge in [0.25, 0.3) is 0 Å². The van der Waals surface area contributed by atoms with Crippen LogP contribution in [0.1, 0.15) is 6.42 Å². The SMILES string of the molecule is OCCN1C[C@H](O)C[C@H]1CO. The van der Waals surface area contributed by atoms with Crippen LogP contribution < -0.4 is 0 Å². The van der Waals surface area contributed by atoms with E-state index < -0.39 is 0 Å². The molecular weight excluding hydrogens is 146 g/mol. The Morgan fingerprint density at radius 1 is 1.36 bits per heavy atom. The zero-order chi connectivity index (χ0) is 8.27. The highest BCUT2D eigenvalue weighted by Gasteiger charge is 2.29. The molecule has 1 saturated heterocycles. The molecule has 0 radical (unpaired) electrons. The lowest BCUT2D eigenvalue weighted by atomic mass is 10.2. The van der Waals surface area contributed by atoms with Crippen LogP contribution in [0.25, 0.3) is 0 Å². The Morgan fingerprint density at radius 2 is 2.09 bits per heavy atom. The molecule has 1 aliphatic heterocycles. The Hall–Kier alpha value is -0.160. The molecule has 4 heteroatoms. The van der Waals surface area contributed by atoms with Crippen molar-refractivity contribution in [3.8, 4) is 0 Å². The van der Waals surface area contributed by atoms with E-state index in [4.69, 9.17) is 10.2 Å². The molecule has 0 aromatic carbocycles. The molecule has 11 heavy (non-hydrogen) atoms. The first-order chi connectivity index (χ1) is 5.27. The summed E-state index contributed by atoms with van der Waals surface area (Å²) in [6.07, 6.45) is 0.287. The second kappa shape index (κ2) is 4.01. The van der Waals surface area contributed by atoms with E-state index in [9.17, 15) is 5.11 Å². The van der Waals surface area contributed by atoms with E-state index in [2.05, 4.69) is 0 Å². The molecule has 1 fully saturated rings. The molecular formula is C7H15NO3. The average molecular weight is 161 g/mol. The van der Waals surface area contributed by atoms with Gasteiger partial charge in [-0.15, -0.1) is 0 Å². The fraction of sp³-hybridized carbons (Fsp3) is 1.00. The molecule has 1 heterocycles. The van der Waals surface area contributed by atoms with E-state index in [1.54, 1.807) is 0 Å². The molecule has 66 valence electrons. The summed E-state index contributed by atoms with van der Waals surface area (Å²) in [4.78, 5) is 1.91. The van der Waals surface area contributed by atoms with Crippen LogP contribution in [0, 0.1) is 0 Å². The third-order valence-electron chi connectivity index (χ3n) is 2.10. The number of likely N-dealkylation sites (tertiary alicyclic amines) is 1. The molecule has 0 bridgehead atoms. The van der Waals surface area contributed by atoms with Gasteiger partial charge in [0.2, 0.25) is 0 Å². The van der Waals surface area contributed by atoms with E-state index in [0.717, 1.165) is 0 Å². The van der Waals surface area contributed by atoms with Gasteiger partial charge in [0.1, 0.15) is 0 Å². The summed E-state index contributed by atoms with van der Waals surface area (Å²) in [5.41, 5.74) is 0.